The molecule has 0 bridgehead atoms. The first-order valence-electron chi connectivity index (χ1n) is 7.08. The lowest BCUT2D eigenvalue weighted by Crippen LogP contribution is -2.18. The summed E-state index contributed by atoms with van der Waals surface area (Å²) in [5.74, 6) is 0.992. The van der Waals surface area contributed by atoms with Crippen molar-refractivity contribution in [2.45, 2.75) is 26.2 Å². The van der Waals surface area contributed by atoms with Crippen molar-refractivity contribution in [3.05, 3.63) is 51.7 Å². The highest BCUT2D eigenvalue weighted by atomic mass is 16.6. The average molecular weight is 314 g/mol. The Hall–Kier alpha value is -2.96. The topological polar surface area (TPSA) is 91.6 Å². The van der Waals surface area contributed by atoms with E-state index in [2.05, 4.69) is 4.98 Å². The highest BCUT2D eigenvalue weighted by Crippen LogP contribution is 2.37. The highest BCUT2D eigenvalue weighted by molar-refractivity contribution is 5.76. The Bertz CT molecular complexity index is 803. The molecular weight excluding hydrogens is 300 g/mol. The molecule has 0 saturated carbocycles. The molecule has 2 aromatic rings. The molecular formula is C16H14N2O5. The van der Waals surface area contributed by atoms with Crippen LogP contribution in [0.3, 0.4) is 0 Å². The SMILES string of the molecule is Cc1nc(Oc2ccc3c(c2)OC(=O)CC3C)ccc1[N+](=O)[O-]. The van der Waals surface area contributed by atoms with Crippen molar-refractivity contribution in [3.8, 4) is 17.4 Å². The molecule has 7 heteroatoms. The molecule has 0 spiro atoms. The molecule has 0 amide bonds. The number of nitrogens with zero attached hydrogens (tertiary/aromatic N) is 2. The van der Waals surface area contributed by atoms with Crippen LogP contribution in [0.25, 0.3) is 0 Å². The largest absolute Gasteiger partial charge is 0.439 e. The molecule has 0 saturated heterocycles. The van der Waals surface area contributed by atoms with E-state index in [1.54, 1.807) is 19.1 Å². The van der Waals surface area contributed by atoms with Crippen LogP contribution >= 0.6 is 0 Å². The van der Waals surface area contributed by atoms with Gasteiger partial charge in [0.2, 0.25) is 5.88 Å². The molecule has 1 aromatic heterocycles. The molecule has 1 atom stereocenters. The average Bonchev–Trinajstić information content (AvgIpc) is 2.46. The second kappa shape index (κ2) is 5.68. The number of hydrogen-bond acceptors (Lipinski definition) is 6. The summed E-state index contributed by atoms with van der Waals surface area (Å²) < 4.78 is 10.8. The summed E-state index contributed by atoms with van der Waals surface area (Å²) in [7, 11) is 0. The van der Waals surface area contributed by atoms with Crippen LogP contribution in [-0.2, 0) is 4.79 Å². The van der Waals surface area contributed by atoms with Gasteiger partial charge in [0, 0.05) is 18.2 Å². The van der Waals surface area contributed by atoms with Crippen molar-refractivity contribution in [3.63, 3.8) is 0 Å². The van der Waals surface area contributed by atoms with Crippen LogP contribution in [0.4, 0.5) is 5.69 Å². The van der Waals surface area contributed by atoms with Crippen molar-refractivity contribution in [2.75, 3.05) is 0 Å². The van der Waals surface area contributed by atoms with Gasteiger partial charge in [0.1, 0.15) is 17.2 Å². The van der Waals surface area contributed by atoms with Crippen LogP contribution in [0.15, 0.2) is 30.3 Å². The number of hydrogen-bond donors (Lipinski definition) is 0. The first-order valence-corrected chi connectivity index (χ1v) is 7.08. The van der Waals surface area contributed by atoms with E-state index in [0.29, 0.717) is 17.9 Å². The van der Waals surface area contributed by atoms with Crippen molar-refractivity contribution < 1.29 is 19.2 Å². The fourth-order valence-corrected chi connectivity index (χ4v) is 2.50. The fraction of sp³-hybridized carbons (Fsp3) is 0.250. The normalized spacial score (nSPS) is 16.4. The van der Waals surface area contributed by atoms with Crippen LogP contribution in [0, 0.1) is 17.0 Å². The second-order valence-corrected chi connectivity index (χ2v) is 5.39. The van der Waals surface area contributed by atoms with Gasteiger partial charge in [-0.2, -0.15) is 0 Å². The van der Waals surface area contributed by atoms with Crippen molar-refractivity contribution in [1.29, 1.82) is 0 Å². The lowest BCUT2D eigenvalue weighted by Gasteiger charge is -2.21. The van der Waals surface area contributed by atoms with E-state index in [1.807, 2.05) is 13.0 Å². The minimum Gasteiger partial charge on any atom is -0.439 e. The molecule has 2 heterocycles. The molecule has 23 heavy (non-hydrogen) atoms. The Balaban J connectivity index is 1.86. The number of aromatic nitrogens is 1. The summed E-state index contributed by atoms with van der Waals surface area (Å²) in [6.07, 6.45) is 0.357. The number of ether oxygens (including phenoxy) is 2. The number of aryl methyl sites for hydroxylation is 1. The number of carbonyl (C=O) groups excluding carboxylic acids is 1. The zero-order chi connectivity index (χ0) is 16.6. The minimum atomic E-state index is -0.494. The van der Waals surface area contributed by atoms with Gasteiger partial charge < -0.3 is 9.47 Å². The van der Waals surface area contributed by atoms with Crippen molar-refractivity contribution >= 4 is 11.7 Å². The first kappa shape index (κ1) is 15.0. The maximum Gasteiger partial charge on any atom is 0.311 e. The number of carbonyl (C=O) groups is 1. The van der Waals surface area contributed by atoms with E-state index in [-0.39, 0.29) is 29.1 Å². The summed E-state index contributed by atoms with van der Waals surface area (Å²) in [6, 6.07) is 8.01. The smallest absolute Gasteiger partial charge is 0.311 e. The second-order valence-electron chi connectivity index (χ2n) is 5.39. The maximum atomic E-state index is 11.5. The van der Waals surface area contributed by atoms with Gasteiger partial charge in [0.05, 0.1) is 11.3 Å². The number of nitro groups is 1. The summed E-state index contributed by atoms with van der Waals surface area (Å²) in [4.78, 5) is 25.9. The Morgan fingerprint density at radius 1 is 1.35 bits per heavy atom. The lowest BCUT2D eigenvalue weighted by atomic mass is 9.95. The number of fused-ring (bicyclic) bond motifs is 1. The van der Waals surface area contributed by atoms with Gasteiger partial charge in [0.25, 0.3) is 5.69 Å². The van der Waals surface area contributed by atoms with E-state index in [9.17, 15) is 14.9 Å². The van der Waals surface area contributed by atoms with E-state index in [1.165, 1.54) is 12.1 Å². The fourth-order valence-electron chi connectivity index (χ4n) is 2.50. The molecule has 1 aliphatic rings. The Morgan fingerprint density at radius 2 is 2.13 bits per heavy atom. The molecule has 1 aliphatic heterocycles. The predicted molar refractivity (Wildman–Crippen MR) is 80.8 cm³/mol. The number of esters is 1. The predicted octanol–water partition coefficient (Wildman–Crippen LogP) is 3.50. The van der Waals surface area contributed by atoms with E-state index >= 15 is 0 Å². The quantitative estimate of drug-likeness (QED) is 0.372. The molecule has 7 nitrogen and oxygen atoms in total. The van der Waals surface area contributed by atoms with Crippen LogP contribution in [0.1, 0.15) is 30.5 Å². The molecule has 1 unspecified atom stereocenters. The van der Waals surface area contributed by atoms with Gasteiger partial charge in [-0.3, -0.25) is 14.9 Å². The van der Waals surface area contributed by atoms with E-state index < -0.39 is 4.92 Å². The van der Waals surface area contributed by atoms with Gasteiger partial charge in [-0.1, -0.05) is 13.0 Å². The molecule has 0 N–H and O–H groups in total. The third-order valence-corrected chi connectivity index (χ3v) is 3.66. The van der Waals surface area contributed by atoms with Crippen molar-refractivity contribution in [2.24, 2.45) is 0 Å². The summed E-state index contributed by atoms with van der Waals surface area (Å²) in [6.45, 7) is 3.50. The van der Waals surface area contributed by atoms with Gasteiger partial charge in [-0.25, -0.2) is 4.98 Å². The van der Waals surface area contributed by atoms with Gasteiger partial charge >= 0.3 is 5.97 Å². The third-order valence-electron chi connectivity index (χ3n) is 3.66. The number of pyridine rings is 1. The number of rotatable bonds is 3. The summed E-state index contributed by atoms with van der Waals surface area (Å²) in [5, 5.41) is 10.8. The van der Waals surface area contributed by atoms with E-state index in [4.69, 9.17) is 9.47 Å². The number of benzene rings is 1. The molecule has 118 valence electrons. The molecule has 0 fully saturated rings. The Labute approximate surface area is 132 Å². The van der Waals surface area contributed by atoms with Crippen molar-refractivity contribution in [1.82, 2.24) is 4.98 Å². The Kier molecular flexibility index (Phi) is 3.69. The highest BCUT2D eigenvalue weighted by Gasteiger charge is 2.24. The first-order chi connectivity index (χ1) is 10.9. The summed E-state index contributed by atoms with van der Waals surface area (Å²) >= 11 is 0. The monoisotopic (exact) mass is 314 g/mol. The molecule has 3 rings (SSSR count). The summed E-state index contributed by atoms with van der Waals surface area (Å²) in [5.41, 5.74) is 1.15. The van der Waals surface area contributed by atoms with Crippen LogP contribution in [-0.4, -0.2) is 15.9 Å². The Morgan fingerprint density at radius 3 is 2.83 bits per heavy atom. The van der Waals surface area contributed by atoms with E-state index in [0.717, 1.165) is 5.56 Å². The zero-order valence-corrected chi connectivity index (χ0v) is 12.6. The molecule has 1 aromatic carbocycles. The zero-order valence-electron chi connectivity index (χ0n) is 12.6. The lowest BCUT2D eigenvalue weighted by molar-refractivity contribution is -0.385. The minimum absolute atomic E-state index is 0.0643. The standard InChI is InChI=1S/C16H14N2O5/c1-9-7-16(19)23-14-8-11(3-4-12(9)14)22-15-6-5-13(18(20)21)10(2)17-15/h3-6,8-9H,7H2,1-2H3. The van der Waals surface area contributed by atoms with Crippen LogP contribution < -0.4 is 9.47 Å². The molecule has 0 aliphatic carbocycles. The van der Waals surface area contributed by atoms with Gasteiger partial charge in [0.15, 0.2) is 0 Å². The molecule has 0 radical (unpaired) electrons. The third kappa shape index (κ3) is 2.98. The van der Waals surface area contributed by atoms with Crippen LogP contribution in [0.2, 0.25) is 0 Å². The maximum absolute atomic E-state index is 11.5. The van der Waals surface area contributed by atoms with Gasteiger partial charge in [-0.15, -0.1) is 0 Å². The van der Waals surface area contributed by atoms with Crippen LogP contribution in [0.5, 0.6) is 17.4 Å². The van der Waals surface area contributed by atoms with Gasteiger partial charge in [-0.05, 0) is 24.5 Å².